The number of methoxy groups -OCH3 is 1. The molecule has 3 aromatic rings. The third-order valence-corrected chi connectivity index (χ3v) is 9.47. The molecule has 1 aromatic heterocycles. The molecule has 1 atom stereocenters. The number of amides is 2. The van der Waals surface area contributed by atoms with Crippen LogP contribution >= 0.6 is 0 Å². The summed E-state index contributed by atoms with van der Waals surface area (Å²) in [7, 11) is 3.04. The van der Waals surface area contributed by atoms with E-state index in [0.717, 1.165) is 23.9 Å². The first-order chi connectivity index (χ1) is 23.8. The first-order valence-corrected chi connectivity index (χ1v) is 17.3. The number of primary amides is 1. The van der Waals surface area contributed by atoms with Crippen LogP contribution in [0, 0.1) is 11.8 Å². The number of esters is 1. The minimum Gasteiger partial charge on any atom is -0.490 e. The minimum atomic E-state index is -0.668. The number of imidazole rings is 1. The van der Waals surface area contributed by atoms with Crippen LogP contribution in [0.4, 0.5) is 4.79 Å². The van der Waals surface area contributed by atoms with Crippen molar-refractivity contribution in [1.82, 2.24) is 14.5 Å². The van der Waals surface area contributed by atoms with E-state index in [-0.39, 0.29) is 36.6 Å². The maximum Gasteiger partial charge on any atom is 0.410 e. The summed E-state index contributed by atoms with van der Waals surface area (Å²) in [4.78, 5) is 48.3. The second-order valence-electron chi connectivity index (χ2n) is 14.1. The van der Waals surface area contributed by atoms with Gasteiger partial charge >= 0.3 is 12.1 Å². The quantitative estimate of drug-likeness (QED) is 0.157. The molecule has 0 radical (unpaired) electrons. The van der Waals surface area contributed by atoms with Gasteiger partial charge in [-0.25, -0.2) is 9.78 Å². The lowest BCUT2D eigenvalue weighted by atomic mass is 9.79. The van der Waals surface area contributed by atoms with Crippen LogP contribution in [0.25, 0.3) is 11.0 Å². The fourth-order valence-corrected chi connectivity index (χ4v) is 6.79. The van der Waals surface area contributed by atoms with Crippen molar-refractivity contribution in [1.29, 1.82) is 0 Å². The molecule has 1 unspecified atom stereocenters. The summed E-state index contributed by atoms with van der Waals surface area (Å²) in [5.74, 6) is 1.70. The number of carbonyl (C=O) groups is 3. The van der Waals surface area contributed by atoms with Gasteiger partial charge in [0.2, 0.25) is 5.91 Å². The summed E-state index contributed by atoms with van der Waals surface area (Å²) >= 11 is 0. The van der Waals surface area contributed by atoms with E-state index in [1.807, 2.05) is 67.8 Å². The summed E-state index contributed by atoms with van der Waals surface area (Å²) in [6.45, 7) is 6.81. The second-order valence-corrected chi connectivity index (χ2v) is 14.1. The third kappa shape index (κ3) is 9.05. The smallest absolute Gasteiger partial charge is 0.410 e. The fraction of sp³-hybridized carbons (Fsp3) is 0.541. The number of benzene rings is 2. The van der Waals surface area contributed by atoms with Gasteiger partial charge in [-0.3, -0.25) is 14.6 Å². The van der Waals surface area contributed by atoms with E-state index >= 15 is 0 Å². The average Bonchev–Trinajstić information content (AvgIpc) is 3.46. The average molecular weight is 691 g/mol. The van der Waals surface area contributed by atoms with Gasteiger partial charge in [-0.1, -0.05) is 0 Å². The van der Waals surface area contributed by atoms with Crippen LogP contribution in [0.5, 0.6) is 11.5 Å². The number of aliphatic imine (C=N–C) groups is 1. The van der Waals surface area contributed by atoms with Gasteiger partial charge in [-0.15, -0.1) is 0 Å². The van der Waals surface area contributed by atoms with Crippen molar-refractivity contribution in [3.05, 3.63) is 53.9 Å². The molecule has 50 heavy (non-hydrogen) atoms. The molecule has 5 rings (SSSR count). The van der Waals surface area contributed by atoms with Gasteiger partial charge in [0.05, 0.1) is 24.1 Å². The number of hydrogen-bond acceptors (Lipinski definition) is 9. The molecule has 2 amide bonds. The first-order valence-electron chi connectivity index (χ1n) is 17.3. The maximum atomic E-state index is 13.1. The van der Waals surface area contributed by atoms with Crippen LogP contribution in [-0.4, -0.2) is 77.2 Å². The molecule has 2 heterocycles. The number of hydrogen-bond donors (Lipinski definition) is 2. The molecule has 1 saturated heterocycles. The van der Waals surface area contributed by atoms with Crippen molar-refractivity contribution in [3.8, 4) is 11.5 Å². The summed E-state index contributed by atoms with van der Waals surface area (Å²) in [5, 5.41) is 0. The molecule has 2 fully saturated rings. The van der Waals surface area contributed by atoms with E-state index in [0.29, 0.717) is 73.9 Å². The van der Waals surface area contributed by atoms with Gasteiger partial charge in [-0.2, -0.15) is 0 Å². The third-order valence-electron chi connectivity index (χ3n) is 9.47. The van der Waals surface area contributed by atoms with Gasteiger partial charge in [-0.05, 0) is 101 Å². The van der Waals surface area contributed by atoms with Gasteiger partial charge in [0, 0.05) is 38.5 Å². The zero-order chi connectivity index (χ0) is 36.0. The molecule has 2 aromatic carbocycles. The molecule has 1 saturated carbocycles. The van der Waals surface area contributed by atoms with Crippen molar-refractivity contribution in [2.45, 2.75) is 90.1 Å². The summed E-state index contributed by atoms with van der Waals surface area (Å²) < 4.78 is 24.7. The molecule has 1 aliphatic carbocycles. The van der Waals surface area contributed by atoms with E-state index in [1.165, 1.54) is 7.11 Å². The maximum absolute atomic E-state index is 13.1. The number of ether oxygens (including phenoxy) is 4. The fourth-order valence-electron chi connectivity index (χ4n) is 6.79. The molecule has 13 nitrogen and oxygen atoms in total. The standard InChI is InChI=1S/C37H50N6O7/c1-37(2,3)50-36(46)42-18-16-28(17-19-42)49-27-13-11-26(12-14-27)48-22-32-41-29-21-25(33(38)40-4)10-15-30(29)43(32)31(34(39)44)20-23-6-8-24(9-7-23)35(45)47-5/h10-15,21,23-24,28,31H,6-9,16-20,22H2,1-5H3,(H2,38,40)(H2,39,44). The van der Waals surface area contributed by atoms with Crippen molar-refractivity contribution in [3.63, 3.8) is 0 Å². The predicted molar refractivity (Wildman–Crippen MR) is 189 cm³/mol. The zero-order valence-electron chi connectivity index (χ0n) is 29.7. The highest BCUT2D eigenvalue weighted by Crippen LogP contribution is 2.36. The van der Waals surface area contributed by atoms with Crippen LogP contribution in [0.15, 0.2) is 47.5 Å². The summed E-state index contributed by atoms with van der Waals surface area (Å²) in [5.41, 5.74) is 13.8. The number of rotatable bonds is 11. The second kappa shape index (κ2) is 15.8. The highest BCUT2D eigenvalue weighted by molar-refractivity contribution is 6.00. The molecule has 2 aliphatic rings. The van der Waals surface area contributed by atoms with Gasteiger partial charge in [0.25, 0.3) is 0 Å². The lowest BCUT2D eigenvalue weighted by Gasteiger charge is -2.33. The Bertz CT molecular complexity index is 1680. The Morgan fingerprint density at radius 3 is 2.22 bits per heavy atom. The molecule has 4 N–H and O–H groups in total. The van der Waals surface area contributed by atoms with Crippen molar-refractivity contribution < 1.29 is 33.3 Å². The molecule has 270 valence electrons. The van der Waals surface area contributed by atoms with Gasteiger partial charge in [0.1, 0.15) is 47.5 Å². The van der Waals surface area contributed by atoms with Crippen LogP contribution in [0.2, 0.25) is 0 Å². The predicted octanol–water partition coefficient (Wildman–Crippen LogP) is 5.12. The lowest BCUT2D eigenvalue weighted by molar-refractivity contribution is -0.147. The van der Waals surface area contributed by atoms with Crippen molar-refractivity contribution >= 4 is 34.8 Å². The van der Waals surface area contributed by atoms with E-state index in [1.54, 1.807) is 11.9 Å². The first kappa shape index (κ1) is 36.5. The highest BCUT2D eigenvalue weighted by Gasteiger charge is 2.32. The Labute approximate surface area is 293 Å². The summed E-state index contributed by atoms with van der Waals surface area (Å²) in [6, 6.07) is 12.3. The number of fused-ring (bicyclic) bond motifs is 1. The molecule has 0 spiro atoms. The van der Waals surface area contributed by atoms with Gasteiger partial charge in [0.15, 0.2) is 0 Å². The monoisotopic (exact) mass is 690 g/mol. The van der Waals surface area contributed by atoms with Crippen LogP contribution in [0.1, 0.15) is 83.1 Å². The molecule has 1 aliphatic heterocycles. The largest absolute Gasteiger partial charge is 0.490 e. The number of likely N-dealkylation sites (tertiary alicyclic amines) is 1. The number of piperidine rings is 1. The van der Waals surface area contributed by atoms with E-state index < -0.39 is 17.6 Å². The number of nitrogens with two attached hydrogens (primary N) is 2. The minimum absolute atomic E-state index is 0.0155. The lowest BCUT2D eigenvalue weighted by Crippen LogP contribution is -2.44. The molecule has 0 bridgehead atoms. The summed E-state index contributed by atoms with van der Waals surface area (Å²) in [6.07, 6.45) is 4.65. The van der Waals surface area contributed by atoms with Crippen LogP contribution in [-0.2, 0) is 25.7 Å². The number of carbonyl (C=O) groups excluding carboxylic acids is 3. The zero-order valence-corrected chi connectivity index (χ0v) is 29.7. The Hall–Kier alpha value is -4.81. The molecule has 13 heteroatoms. The van der Waals surface area contributed by atoms with Crippen molar-refractivity contribution in [2.75, 3.05) is 27.2 Å². The number of nitrogens with zero attached hydrogens (tertiary/aromatic N) is 4. The molecular weight excluding hydrogens is 640 g/mol. The number of aromatic nitrogens is 2. The Kier molecular flexibility index (Phi) is 11.5. The Balaban J connectivity index is 1.27. The van der Waals surface area contributed by atoms with E-state index in [9.17, 15) is 14.4 Å². The number of amidine groups is 1. The SMILES string of the molecule is CN=C(N)c1ccc2c(c1)nc(COc1ccc(OC3CCN(C(=O)OC(C)(C)C)CC3)cc1)n2C(CC1CCC(C(=O)OC)CC1)C(N)=O. The highest BCUT2D eigenvalue weighted by atomic mass is 16.6. The van der Waals surface area contributed by atoms with Crippen LogP contribution in [0.3, 0.4) is 0 Å². The molecular formula is C37H50N6O7. The van der Waals surface area contributed by atoms with E-state index in [2.05, 4.69) is 4.99 Å². The Morgan fingerprint density at radius 2 is 1.62 bits per heavy atom. The normalized spacial score (nSPS) is 19.5. The van der Waals surface area contributed by atoms with Gasteiger partial charge < -0.3 is 39.9 Å². The van der Waals surface area contributed by atoms with Crippen molar-refractivity contribution in [2.24, 2.45) is 28.3 Å². The topological polar surface area (TPSA) is 174 Å². The Morgan fingerprint density at radius 1 is 0.960 bits per heavy atom. The van der Waals surface area contributed by atoms with Crippen LogP contribution < -0.4 is 20.9 Å². The van der Waals surface area contributed by atoms with E-state index in [4.69, 9.17) is 35.4 Å².